The highest BCUT2D eigenvalue weighted by Crippen LogP contribution is 2.35. The molecular weight excluding hydrogens is 274 g/mol. The highest BCUT2D eigenvalue weighted by atomic mass is 16.6. The molecule has 0 aromatic heterocycles. The summed E-state index contributed by atoms with van der Waals surface area (Å²) in [5.41, 5.74) is 2.59. The van der Waals surface area contributed by atoms with Crippen LogP contribution in [0.25, 0.3) is 0 Å². The van der Waals surface area contributed by atoms with E-state index in [0.717, 1.165) is 32.9 Å². The van der Waals surface area contributed by atoms with Gasteiger partial charge >= 0.3 is 0 Å². The van der Waals surface area contributed by atoms with E-state index in [1.54, 1.807) is 0 Å². The minimum absolute atomic E-state index is 0.0833. The maximum Gasteiger partial charge on any atom is 0.127 e. The predicted octanol–water partition coefficient (Wildman–Crippen LogP) is 3.03. The van der Waals surface area contributed by atoms with Crippen LogP contribution in [0, 0.1) is 0 Å². The van der Waals surface area contributed by atoms with Crippen LogP contribution in [0.15, 0.2) is 60.7 Å². The topological polar surface area (TPSA) is 21.7 Å². The Kier molecular flexibility index (Phi) is 3.70. The average molecular weight is 295 g/mol. The average Bonchev–Trinajstić information content (AvgIpc) is 2.55. The van der Waals surface area contributed by atoms with Gasteiger partial charge in [-0.15, -0.1) is 0 Å². The van der Waals surface area contributed by atoms with Gasteiger partial charge in [0.15, 0.2) is 0 Å². The summed E-state index contributed by atoms with van der Waals surface area (Å²) < 4.78 is 11.6. The van der Waals surface area contributed by atoms with Crippen molar-refractivity contribution in [3.05, 3.63) is 71.8 Å². The number of rotatable bonds is 3. The molecule has 0 bridgehead atoms. The maximum atomic E-state index is 6.17. The van der Waals surface area contributed by atoms with Crippen molar-refractivity contribution in [1.29, 1.82) is 0 Å². The molecule has 0 saturated carbocycles. The van der Waals surface area contributed by atoms with Crippen molar-refractivity contribution in [3.8, 4) is 0 Å². The number of hydrogen-bond acceptors (Lipinski definition) is 3. The van der Waals surface area contributed by atoms with Gasteiger partial charge in [-0.25, -0.2) is 0 Å². The van der Waals surface area contributed by atoms with Crippen molar-refractivity contribution in [2.45, 2.75) is 18.2 Å². The SMILES string of the molecule is c1ccc(CN2CC3(COC3)OC[C@H]2c2ccccc2)cc1. The second kappa shape index (κ2) is 5.84. The lowest BCUT2D eigenvalue weighted by atomic mass is 9.94. The van der Waals surface area contributed by atoms with Gasteiger partial charge in [-0.2, -0.15) is 0 Å². The summed E-state index contributed by atoms with van der Waals surface area (Å²) >= 11 is 0. The molecule has 0 N–H and O–H groups in total. The van der Waals surface area contributed by atoms with Crippen LogP contribution in [0.1, 0.15) is 17.2 Å². The van der Waals surface area contributed by atoms with E-state index >= 15 is 0 Å². The molecular formula is C19H21NO2. The van der Waals surface area contributed by atoms with Gasteiger partial charge < -0.3 is 9.47 Å². The highest BCUT2D eigenvalue weighted by molar-refractivity contribution is 5.22. The van der Waals surface area contributed by atoms with Crippen LogP contribution in [-0.4, -0.2) is 36.9 Å². The van der Waals surface area contributed by atoms with Crippen molar-refractivity contribution < 1.29 is 9.47 Å². The van der Waals surface area contributed by atoms with E-state index in [0.29, 0.717) is 6.04 Å². The largest absolute Gasteiger partial charge is 0.375 e. The first-order chi connectivity index (χ1) is 10.8. The van der Waals surface area contributed by atoms with Crippen LogP contribution >= 0.6 is 0 Å². The van der Waals surface area contributed by atoms with E-state index < -0.39 is 0 Å². The summed E-state index contributed by atoms with van der Waals surface area (Å²) in [6, 6.07) is 21.7. The first kappa shape index (κ1) is 13.9. The molecule has 3 nitrogen and oxygen atoms in total. The van der Waals surface area contributed by atoms with Gasteiger partial charge in [-0.05, 0) is 11.1 Å². The van der Waals surface area contributed by atoms with E-state index in [-0.39, 0.29) is 5.60 Å². The third kappa shape index (κ3) is 2.68. The number of ether oxygens (including phenoxy) is 2. The molecule has 22 heavy (non-hydrogen) atoms. The molecule has 1 atom stereocenters. The number of benzene rings is 2. The number of nitrogens with zero attached hydrogens (tertiary/aromatic N) is 1. The van der Waals surface area contributed by atoms with Crippen LogP contribution in [0.3, 0.4) is 0 Å². The standard InChI is InChI=1S/C19H21NO2/c1-3-7-16(8-4-1)11-20-13-19(14-21-15-19)22-12-18(20)17-9-5-2-6-10-17/h1-10,18H,11-15H2/t18-/m0/s1. The molecule has 2 aliphatic rings. The molecule has 114 valence electrons. The van der Waals surface area contributed by atoms with Gasteiger partial charge in [0.25, 0.3) is 0 Å². The van der Waals surface area contributed by atoms with Crippen LogP contribution in [0.4, 0.5) is 0 Å². The first-order valence-electron chi connectivity index (χ1n) is 7.89. The van der Waals surface area contributed by atoms with E-state index in [1.165, 1.54) is 11.1 Å². The van der Waals surface area contributed by atoms with Crippen LogP contribution in [0.5, 0.6) is 0 Å². The zero-order chi connectivity index (χ0) is 14.8. The highest BCUT2D eigenvalue weighted by Gasteiger charge is 2.46. The maximum absolute atomic E-state index is 6.17. The van der Waals surface area contributed by atoms with Gasteiger partial charge in [-0.1, -0.05) is 60.7 Å². The van der Waals surface area contributed by atoms with Crippen molar-refractivity contribution in [1.82, 2.24) is 4.90 Å². The van der Waals surface area contributed by atoms with E-state index in [2.05, 4.69) is 65.6 Å². The van der Waals surface area contributed by atoms with Gasteiger partial charge in [0.2, 0.25) is 0 Å². The van der Waals surface area contributed by atoms with Crippen molar-refractivity contribution in [2.24, 2.45) is 0 Å². The lowest BCUT2D eigenvalue weighted by molar-refractivity contribution is -0.251. The molecule has 0 amide bonds. The second-order valence-corrected chi connectivity index (χ2v) is 6.30. The fraction of sp³-hybridized carbons (Fsp3) is 0.368. The number of morpholine rings is 1. The Morgan fingerprint density at radius 2 is 1.64 bits per heavy atom. The Balaban J connectivity index is 1.59. The van der Waals surface area contributed by atoms with Crippen LogP contribution in [0.2, 0.25) is 0 Å². The molecule has 0 radical (unpaired) electrons. The van der Waals surface area contributed by atoms with Gasteiger partial charge in [0.1, 0.15) is 5.60 Å². The van der Waals surface area contributed by atoms with Crippen molar-refractivity contribution in [3.63, 3.8) is 0 Å². The Bertz CT molecular complexity index is 610. The molecule has 0 unspecified atom stereocenters. The van der Waals surface area contributed by atoms with Crippen LogP contribution < -0.4 is 0 Å². The summed E-state index contributed by atoms with van der Waals surface area (Å²) in [4.78, 5) is 2.54. The smallest absolute Gasteiger partial charge is 0.127 e. The first-order valence-corrected chi connectivity index (χ1v) is 7.89. The van der Waals surface area contributed by atoms with E-state index in [4.69, 9.17) is 9.47 Å². The summed E-state index contributed by atoms with van der Waals surface area (Å²) in [7, 11) is 0. The van der Waals surface area contributed by atoms with Crippen LogP contribution in [-0.2, 0) is 16.0 Å². The Morgan fingerprint density at radius 3 is 2.27 bits per heavy atom. The summed E-state index contributed by atoms with van der Waals surface area (Å²) in [5.74, 6) is 0. The lowest BCUT2D eigenvalue weighted by Crippen LogP contribution is -2.63. The zero-order valence-corrected chi connectivity index (χ0v) is 12.7. The molecule has 1 spiro atoms. The molecule has 2 aromatic rings. The molecule has 2 aromatic carbocycles. The fourth-order valence-corrected chi connectivity index (χ4v) is 3.36. The normalized spacial score (nSPS) is 24.1. The molecule has 2 aliphatic heterocycles. The van der Waals surface area contributed by atoms with Gasteiger partial charge in [0, 0.05) is 13.1 Å². The molecule has 3 heteroatoms. The van der Waals surface area contributed by atoms with Crippen molar-refractivity contribution >= 4 is 0 Å². The summed E-state index contributed by atoms with van der Waals surface area (Å²) in [6.07, 6.45) is 0. The minimum atomic E-state index is -0.0833. The van der Waals surface area contributed by atoms with E-state index in [9.17, 15) is 0 Å². The molecule has 2 heterocycles. The molecule has 2 fully saturated rings. The summed E-state index contributed by atoms with van der Waals surface area (Å²) in [5, 5.41) is 0. The molecule has 4 rings (SSSR count). The minimum Gasteiger partial charge on any atom is -0.375 e. The summed E-state index contributed by atoms with van der Waals surface area (Å²) in [6.45, 7) is 4.06. The lowest BCUT2D eigenvalue weighted by Gasteiger charge is -2.51. The Hall–Kier alpha value is -1.68. The Labute approximate surface area is 131 Å². The molecule has 2 saturated heterocycles. The third-order valence-electron chi connectivity index (χ3n) is 4.62. The van der Waals surface area contributed by atoms with Gasteiger partial charge in [0.05, 0.1) is 25.9 Å². The molecule has 0 aliphatic carbocycles. The zero-order valence-electron chi connectivity index (χ0n) is 12.7. The van der Waals surface area contributed by atoms with Crippen molar-refractivity contribution in [2.75, 3.05) is 26.4 Å². The van der Waals surface area contributed by atoms with Gasteiger partial charge in [-0.3, -0.25) is 4.90 Å². The fourth-order valence-electron chi connectivity index (χ4n) is 3.36. The monoisotopic (exact) mass is 295 g/mol. The Morgan fingerprint density at radius 1 is 0.955 bits per heavy atom. The predicted molar refractivity (Wildman–Crippen MR) is 85.5 cm³/mol. The quantitative estimate of drug-likeness (QED) is 0.869. The van der Waals surface area contributed by atoms with E-state index in [1.807, 2.05) is 0 Å². The number of hydrogen-bond donors (Lipinski definition) is 0. The third-order valence-corrected chi connectivity index (χ3v) is 4.62. The second-order valence-electron chi connectivity index (χ2n) is 6.30.